The van der Waals surface area contributed by atoms with E-state index in [1.807, 2.05) is 25.7 Å². The number of hydrogen-bond acceptors (Lipinski definition) is 3. The van der Waals surface area contributed by atoms with Gasteiger partial charge in [0.2, 0.25) is 0 Å². The number of carbonyl (C=O) groups is 1. The van der Waals surface area contributed by atoms with Gasteiger partial charge >= 0.3 is 6.09 Å². The molecule has 4 heteroatoms. The third-order valence-corrected chi connectivity index (χ3v) is 3.92. The molecule has 2 saturated heterocycles. The zero-order valence-electron chi connectivity index (χ0n) is 11.9. The fourth-order valence-electron chi connectivity index (χ4n) is 2.87. The summed E-state index contributed by atoms with van der Waals surface area (Å²) in [5.41, 5.74) is 0.151. The van der Waals surface area contributed by atoms with Crippen molar-refractivity contribution in [1.29, 1.82) is 0 Å². The number of nitrogens with zero attached hydrogens (tertiary/aromatic N) is 1. The first-order valence-corrected chi connectivity index (χ1v) is 7.09. The summed E-state index contributed by atoms with van der Waals surface area (Å²) < 4.78 is 5.44. The van der Waals surface area contributed by atoms with Gasteiger partial charge in [-0.1, -0.05) is 0 Å². The predicted octanol–water partition coefficient (Wildman–Crippen LogP) is 2.39. The van der Waals surface area contributed by atoms with Crippen LogP contribution < -0.4 is 5.32 Å². The molecule has 0 aromatic rings. The fraction of sp³-hybridized carbons (Fsp3) is 0.929. The molecule has 0 atom stereocenters. The monoisotopic (exact) mass is 254 g/mol. The van der Waals surface area contributed by atoms with Gasteiger partial charge in [-0.05, 0) is 51.9 Å². The van der Waals surface area contributed by atoms with Crippen molar-refractivity contribution < 1.29 is 9.53 Å². The summed E-state index contributed by atoms with van der Waals surface area (Å²) in [6.45, 7) is 9.78. The van der Waals surface area contributed by atoms with E-state index in [0.717, 1.165) is 25.9 Å². The summed E-state index contributed by atoms with van der Waals surface area (Å²) in [6.07, 6.45) is 4.52. The molecule has 2 heterocycles. The molecular formula is C14H26N2O2. The Labute approximate surface area is 110 Å². The van der Waals surface area contributed by atoms with Crippen molar-refractivity contribution in [3.63, 3.8) is 0 Å². The van der Waals surface area contributed by atoms with Crippen LogP contribution in [-0.4, -0.2) is 42.8 Å². The van der Waals surface area contributed by atoms with Crippen LogP contribution in [0, 0.1) is 5.41 Å². The standard InChI is InChI=1S/C14H26N2O2/c1-13(2,3)18-12(17)16-8-4-6-14(7-5-9-16)10-15-11-14/h15H,4-11H2,1-3H3. The molecule has 0 aromatic heterocycles. The highest BCUT2D eigenvalue weighted by atomic mass is 16.6. The minimum absolute atomic E-state index is 0.148. The first kappa shape index (κ1) is 13.7. The van der Waals surface area contributed by atoms with Crippen molar-refractivity contribution in [3.05, 3.63) is 0 Å². The van der Waals surface area contributed by atoms with Crippen molar-refractivity contribution in [2.24, 2.45) is 5.41 Å². The van der Waals surface area contributed by atoms with E-state index in [1.165, 1.54) is 25.9 Å². The van der Waals surface area contributed by atoms with Crippen LogP contribution in [0.5, 0.6) is 0 Å². The summed E-state index contributed by atoms with van der Waals surface area (Å²) >= 11 is 0. The van der Waals surface area contributed by atoms with Gasteiger partial charge in [-0.3, -0.25) is 0 Å². The SMILES string of the molecule is CC(C)(C)OC(=O)N1CCCC2(CCC1)CNC2. The summed E-state index contributed by atoms with van der Waals surface area (Å²) in [4.78, 5) is 13.9. The van der Waals surface area contributed by atoms with Gasteiger partial charge in [-0.25, -0.2) is 4.79 Å². The minimum Gasteiger partial charge on any atom is -0.444 e. The topological polar surface area (TPSA) is 41.6 Å². The quantitative estimate of drug-likeness (QED) is 0.721. The average Bonchev–Trinajstić information content (AvgIpc) is 2.11. The summed E-state index contributed by atoms with van der Waals surface area (Å²) in [7, 11) is 0. The van der Waals surface area contributed by atoms with E-state index in [2.05, 4.69) is 5.32 Å². The maximum absolute atomic E-state index is 12.0. The van der Waals surface area contributed by atoms with E-state index in [4.69, 9.17) is 4.74 Å². The Bertz CT molecular complexity index is 293. The molecule has 2 fully saturated rings. The largest absolute Gasteiger partial charge is 0.444 e. The highest BCUT2D eigenvalue weighted by Crippen LogP contribution is 2.35. The molecule has 0 radical (unpaired) electrons. The van der Waals surface area contributed by atoms with Crippen LogP contribution in [-0.2, 0) is 4.74 Å². The maximum Gasteiger partial charge on any atom is 0.410 e. The molecule has 18 heavy (non-hydrogen) atoms. The smallest absolute Gasteiger partial charge is 0.410 e. The van der Waals surface area contributed by atoms with Gasteiger partial charge in [-0.15, -0.1) is 0 Å². The molecular weight excluding hydrogens is 228 g/mol. The Balaban J connectivity index is 1.83. The van der Waals surface area contributed by atoms with Crippen molar-refractivity contribution in [1.82, 2.24) is 10.2 Å². The van der Waals surface area contributed by atoms with Gasteiger partial charge in [-0.2, -0.15) is 0 Å². The van der Waals surface area contributed by atoms with Gasteiger partial charge < -0.3 is 15.0 Å². The van der Waals surface area contributed by atoms with Crippen LogP contribution in [0.2, 0.25) is 0 Å². The molecule has 0 aliphatic carbocycles. The van der Waals surface area contributed by atoms with E-state index in [0.29, 0.717) is 5.41 Å². The van der Waals surface area contributed by atoms with Crippen LogP contribution in [0.4, 0.5) is 4.79 Å². The van der Waals surface area contributed by atoms with Gasteiger partial charge in [0.1, 0.15) is 5.60 Å². The fourth-order valence-corrected chi connectivity index (χ4v) is 2.87. The Morgan fingerprint density at radius 3 is 2.11 bits per heavy atom. The Kier molecular flexibility index (Phi) is 3.85. The third-order valence-electron chi connectivity index (χ3n) is 3.92. The molecule has 0 aromatic carbocycles. The molecule has 0 saturated carbocycles. The Hall–Kier alpha value is -0.770. The second kappa shape index (κ2) is 5.08. The lowest BCUT2D eigenvalue weighted by atomic mass is 9.73. The molecule has 0 unspecified atom stereocenters. The molecule has 104 valence electrons. The number of amides is 1. The molecule has 4 nitrogen and oxygen atoms in total. The molecule has 2 aliphatic rings. The molecule has 1 amide bonds. The Morgan fingerprint density at radius 2 is 1.72 bits per heavy atom. The first-order chi connectivity index (χ1) is 8.40. The molecule has 2 rings (SSSR count). The lowest BCUT2D eigenvalue weighted by Crippen LogP contribution is -2.54. The highest BCUT2D eigenvalue weighted by molar-refractivity contribution is 5.68. The number of carbonyl (C=O) groups excluding carboxylic acids is 1. The minimum atomic E-state index is -0.390. The summed E-state index contributed by atoms with van der Waals surface area (Å²) in [6, 6.07) is 0. The van der Waals surface area contributed by atoms with E-state index in [9.17, 15) is 4.79 Å². The summed E-state index contributed by atoms with van der Waals surface area (Å²) in [5.74, 6) is 0. The van der Waals surface area contributed by atoms with Gasteiger partial charge in [0.25, 0.3) is 0 Å². The number of hydrogen-bond donors (Lipinski definition) is 1. The van der Waals surface area contributed by atoms with E-state index < -0.39 is 5.60 Å². The highest BCUT2D eigenvalue weighted by Gasteiger charge is 2.37. The first-order valence-electron chi connectivity index (χ1n) is 7.09. The second-order valence-electron chi connectivity index (χ2n) is 6.78. The lowest BCUT2D eigenvalue weighted by Gasteiger charge is -2.45. The molecule has 2 aliphatic heterocycles. The van der Waals surface area contributed by atoms with Crippen LogP contribution >= 0.6 is 0 Å². The van der Waals surface area contributed by atoms with E-state index >= 15 is 0 Å². The maximum atomic E-state index is 12.0. The van der Waals surface area contributed by atoms with Gasteiger partial charge in [0, 0.05) is 26.2 Å². The Morgan fingerprint density at radius 1 is 1.17 bits per heavy atom. The number of likely N-dealkylation sites (tertiary alicyclic amines) is 1. The normalized spacial score (nSPS) is 24.1. The second-order valence-corrected chi connectivity index (χ2v) is 6.78. The predicted molar refractivity (Wildman–Crippen MR) is 71.6 cm³/mol. The molecule has 0 bridgehead atoms. The zero-order valence-corrected chi connectivity index (χ0v) is 11.9. The number of nitrogens with one attached hydrogen (secondary N) is 1. The molecule has 1 spiro atoms. The third kappa shape index (κ3) is 3.37. The van der Waals surface area contributed by atoms with Crippen molar-refractivity contribution in [2.75, 3.05) is 26.2 Å². The van der Waals surface area contributed by atoms with Crippen molar-refractivity contribution in [2.45, 2.75) is 52.1 Å². The molecule has 1 N–H and O–H groups in total. The number of ether oxygens (including phenoxy) is 1. The van der Waals surface area contributed by atoms with Gasteiger partial charge in [0.15, 0.2) is 0 Å². The van der Waals surface area contributed by atoms with E-state index in [-0.39, 0.29) is 6.09 Å². The van der Waals surface area contributed by atoms with E-state index in [1.54, 1.807) is 0 Å². The van der Waals surface area contributed by atoms with Crippen molar-refractivity contribution >= 4 is 6.09 Å². The van der Waals surface area contributed by atoms with Crippen molar-refractivity contribution in [3.8, 4) is 0 Å². The van der Waals surface area contributed by atoms with Crippen LogP contribution in [0.3, 0.4) is 0 Å². The van der Waals surface area contributed by atoms with Crippen LogP contribution in [0.15, 0.2) is 0 Å². The zero-order chi connectivity index (χ0) is 13.2. The van der Waals surface area contributed by atoms with Crippen LogP contribution in [0.25, 0.3) is 0 Å². The average molecular weight is 254 g/mol. The number of rotatable bonds is 0. The van der Waals surface area contributed by atoms with Crippen LogP contribution in [0.1, 0.15) is 46.5 Å². The lowest BCUT2D eigenvalue weighted by molar-refractivity contribution is 0.0180. The summed E-state index contributed by atoms with van der Waals surface area (Å²) in [5, 5.41) is 3.38. The van der Waals surface area contributed by atoms with Gasteiger partial charge in [0.05, 0.1) is 0 Å².